The zero-order chi connectivity index (χ0) is 24.5. The maximum atomic E-state index is 12.6. The lowest BCUT2D eigenvalue weighted by atomic mass is 10.0. The Balaban J connectivity index is 0.000000202. The Morgan fingerprint density at radius 2 is 1.88 bits per heavy atom. The van der Waals surface area contributed by atoms with Crippen molar-refractivity contribution in [1.29, 1.82) is 0 Å². The third-order valence-electron chi connectivity index (χ3n) is 6.45. The van der Waals surface area contributed by atoms with Gasteiger partial charge in [-0.25, -0.2) is 0 Å². The minimum atomic E-state index is -0.660. The average Bonchev–Trinajstić information content (AvgIpc) is 2.98. The van der Waals surface area contributed by atoms with Crippen LogP contribution in [-0.2, 0) is 20.8 Å². The molecule has 0 spiro atoms. The number of benzene rings is 1. The van der Waals surface area contributed by atoms with Gasteiger partial charge in [0.2, 0.25) is 17.7 Å². The van der Waals surface area contributed by atoms with E-state index in [-0.39, 0.29) is 17.9 Å². The van der Waals surface area contributed by atoms with Crippen LogP contribution in [0.4, 0.5) is 0 Å². The quantitative estimate of drug-likeness (QED) is 0.620. The number of carbonyl (C=O) groups excluding carboxylic acids is 3. The number of nitrogens with zero attached hydrogens (tertiary/aromatic N) is 1. The van der Waals surface area contributed by atoms with E-state index in [9.17, 15) is 14.4 Å². The predicted octanol–water partition coefficient (Wildman–Crippen LogP) is 2.52. The smallest absolute Gasteiger partial charge is 0.246 e. The van der Waals surface area contributed by atoms with Gasteiger partial charge in [-0.3, -0.25) is 14.4 Å². The minimum absolute atomic E-state index is 0.0669. The summed E-state index contributed by atoms with van der Waals surface area (Å²) in [4.78, 5) is 37.3. The number of hydrogen-bond donors (Lipinski definition) is 3. The van der Waals surface area contributed by atoms with Crippen LogP contribution in [0.25, 0.3) is 0 Å². The van der Waals surface area contributed by atoms with Gasteiger partial charge in [0.1, 0.15) is 12.1 Å². The largest absolute Gasteiger partial charge is 0.368 e. The number of amides is 3. The van der Waals surface area contributed by atoms with Gasteiger partial charge in [0.05, 0.1) is 6.04 Å². The summed E-state index contributed by atoms with van der Waals surface area (Å²) < 4.78 is 0. The van der Waals surface area contributed by atoms with Crippen LogP contribution in [0.5, 0.6) is 0 Å². The topological polar surface area (TPSA) is 119 Å². The van der Waals surface area contributed by atoms with Gasteiger partial charge < -0.3 is 21.7 Å². The Kier molecular flexibility index (Phi) is 9.22. The molecule has 7 heteroatoms. The van der Waals surface area contributed by atoms with Crippen molar-refractivity contribution >= 4 is 17.7 Å². The van der Waals surface area contributed by atoms with Crippen molar-refractivity contribution in [3.05, 3.63) is 71.8 Å². The van der Waals surface area contributed by atoms with E-state index >= 15 is 0 Å². The molecule has 1 aromatic carbocycles. The van der Waals surface area contributed by atoms with E-state index in [1.54, 1.807) is 11.8 Å². The molecule has 3 aliphatic rings. The van der Waals surface area contributed by atoms with E-state index in [0.29, 0.717) is 12.8 Å². The Labute approximate surface area is 201 Å². The normalized spacial score (nSPS) is 24.6. The number of nitrogens with two attached hydrogens (primary N) is 2. The van der Waals surface area contributed by atoms with E-state index in [0.717, 1.165) is 32.1 Å². The summed E-state index contributed by atoms with van der Waals surface area (Å²) in [5.74, 6) is -1.03. The van der Waals surface area contributed by atoms with Crippen molar-refractivity contribution in [2.45, 2.75) is 76.0 Å². The minimum Gasteiger partial charge on any atom is -0.368 e. The first kappa shape index (κ1) is 25.4. The van der Waals surface area contributed by atoms with E-state index in [2.05, 4.69) is 66.0 Å². The second-order valence-corrected chi connectivity index (χ2v) is 9.15. The molecule has 4 rings (SSSR count). The summed E-state index contributed by atoms with van der Waals surface area (Å²) in [6, 6.07) is 8.84. The first-order valence-electron chi connectivity index (χ1n) is 12.1. The summed E-state index contributed by atoms with van der Waals surface area (Å²) in [7, 11) is 0. The van der Waals surface area contributed by atoms with E-state index < -0.39 is 24.0 Å². The van der Waals surface area contributed by atoms with Crippen LogP contribution in [0.2, 0.25) is 0 Å². The summed E-state index contributed by atoms with van der Waals surface area (Å²) in [6.45, 7) is 1.57. The maximum absolute atomic E-state index is 12.6. The van der Waals surface area contributed by atoms with Gasteiger partial charge in [-0.1, -0.05) is 60.7 Å². The SMILES string of the molecule is C1=CCC=CC(Cc2ccccc2)=C1.C[C@H](N)C(=O)N[C@H]1CCC[C@H]2CC[C@@H](C(N)=O)N2C1=O. The molecule has 2 fully saturated rings. The molecule has 2 aliphatic heterocycles. The molecule has 3 amide bonds. The van der Waals surface area contributed by atoms with Crippen molar-refractivity contribution in [3.8, 4) is 0 Å². The number of fused-ring (bicyclic) bond motifs is 1. The number of allylic oxidation sites excluding steroid dienone is 6. The fourth-order valence-corrected chi connectivity index (χ4v) is 4.65. The Morgan fingerprint density at radius 1 is 1.12 bits per heavy atom. The molecule has 2 heterocycles. The average molecular weight is 465 g/mol. The molecule has 34 heavy (non-hydrogen) atoms. The highest BCUT2D eigenvalue weighted by Crippen LogP contribution is 2.31. The number of nitrogens with one attached hydrogen (secondary N) is 1. The van der Waals surface area contributed by atoms with Crippen molar-refractivity contribution < 1.29 is 14.4 Å². The second kappa shape index (κ2) is 12.3. The summed E-state index contributed by atoms with van der Waals surface area (Å²) in [5, 5.41) is 2.67. The number of rotatable bonds is 5. The highest BCUT2D eigenvalue weighted by molar-refractivity contribution is 5.93. The fourth-order valence-electron chi connectivity index (χ4n) is 4.65. The molecule has 182 valence electrons. The highest BCUT2D eigenvalue weighted by Gasteiger charge is 2.44. The highest BCUT2D eigenvalue weighted by atomic mass is 16.2. The van der Waals surface area contributed by atoms with Crippen LogP contribution in [0.15, 0.2) is 66.3 Å². The van der Waals surface area contributed by atoms with Crippen molar-refractivity contribution in [2.24, 2.45) is 11.5 Å². The number of carbonyl (C=O) groups is 3. The molecule has 0 bridgehead atoms. The van der Waals surface area contributed by atoms with Gasteiger partial charge in [-0.15, -0.1) is 0 Å². The zero-order valence-corrected chi connectivity index (χ0v) is 19.9. The summed E-state index contributed by atoms with van der Waals surface area (Å²) in [6.07, 6.45) is 16.7. The Hall–Kier alpha value is -3.19. The van der Waals surface area contributed by atoms with Crippen LogP contribution < -0.4 is 16.8 Å². The molecule has 2 saturated heterocycles. The molecule has 0 saturated carbocycles. The van der Waals surface area contributed by atoms with E-state index in [1.165, 1.54) is 11.1 Å². The first-order chi connectivity index (χ1) is 16.4. The van der Waals surface area contributed by atoms with Crippen molar-refractivity contribution in [2.75, 3.05) is 0 Å². The molecule has 0 aromatic heterocycles. The zero-order valence-electron chi connectivity index (χ0n) is 19.9. The van der Waals surface area contributed by atoms with Gasteiger partial charge >= 0.3 is 0 Å². The first-order valence-corrected chi connectivity index (χ1v) is 12.1. The number of hydrogen-bond acceptors (Lipinski definition) is 4. The van der Waals surface area contributed by atoms with Crippen molar-refractivity contribution in [3.63, 3.8) is 0 Å². The molecule has 5 N–H and O–H groups in total. The fraction of sp³-hybridized carbons (Fsp3) is 0.444. The number of primary amides is 1. The maximum Gasteiger partial charge on any atom is 0.246 e. The Morgan fingerprint density at radius 3 is 2.59 bits per heavy atom. The van der Waals surface area contributed by atoms with Crippen LogP contribution in [-0.4, -0.2) is 46.8 Å². The second-order valence-electron chi connectivity index (χ2n) is 9.15. The van der Waals surface area contributed by atoms with Gasteiger partial charge in [0.15, 0.2) is 0 Å². The molecule has 1 aliphatic carbocycles. The van der Waals surface area contributed by atoms with Gasteiger partial charge in [0.25, 0.3) is 0 Å². The summed E-state index contributed by atoms with van der Waals surface area (Å²) >= 11 is 0. The van der Waals surface area contributed by atoms with Gasteiger partial charge in [-0.05, 0) is 63.0 Å². The molecular formula is C27H36N4O3. The standard InChI is InChI=1S/C14H14.C13H22N4O3/c1-2-5-9-13(8-4-1)12-14-10-6-3-7-11-14;1-7(14)12(19)16-9-4-2-3-8-5-6-10(11(15)18)17(8)13(9)20/h1,3-11H,2,12H2;7-10H,2-6,14H2,1H3,(H2,15,18)(H,16,19)/t;7-,8-,9-,10-/m.0/s1. The van der Waals surface area contributed by atoms with Crippen LogP contribution in [0.1, 0.15) is 51.0 Å². The predicted molar refractivity (Wildman–Crippen MR) is 133 cm³/mol. The lowest BCUT2D eigenvalue weighted by molar-refractivity contribution is -0.142. The third kappa shape index (κ3) is 6.90. The van der Waals surface area contributed by atoms with E-state index in [4.69, 9.17) is 11.5 Å². The summed E-state index contributed by atoms with van der Waals surface area (Å²) in [5.41, 5.74) is 13.6. The van der Waals surface area contributed by atoms with Gasteiger partial charge in [0, 0.05) is 6.04 Å². The molecule has 7 nitrogen and oxygen atoms in total. The lowest BCUT2D eigenvalue weighted by Crippen LogP contribution is -2.55. The molecule has 0 unspecified atom stereocenters. The van der Waals surface area contributed by atoms with Crippen LogP contribution in [0.3, 0.4) is 0 Å². The Bertz CT molecular complexity index is 952. The third-order valence-corrected chi connectivity index (χ3v) is 6.45. The molecule has 1 aromatic rings. The molecule has 0 radical (unpaired) electrons. The lowest BCUT2D eigenvalue weighted by Gasteiger charge is -2.29. The van der Waals surface area contributed by atoms with Crippen LogP contribution >= 0.6 is 0 Å². The van der Waals surface area contributed by atoms with Crippen molar-refractivity contribution in [1.82, 2.24) is 10.2 Å². The van der Waals surface area contributed by atoms with Crippen LogP contribution in [0, 0.1) is 0 Å². The van der Waals surface area contributed by atoms with E-state index in [1.807, 2.05) is 0 Å². The monoisotopic (exact) mass is 464 g/mol. The van der Waals surface area contributed by atoms with Gasteiger partial charge in [-0.2, -0.15) is 0 Å². The molecule has 4 atom stereocenters. The molecular weight excluding hydrogens is 428 g/mol.